The Balaban J connectivity index is 2.45. The summed E-state index contributed by atoms with van der Waals surface area (Å²) in [5, 5.41) is 11.9. The van der Waals surface area contributed by atoms with E-state index in [9.17, 15) is 5.11 Å². The first-order valence-corrected chi connectivity index (χ1v) is 9.39. The van der Waals surface area contributed by atoms with Crippen molar-refractivity contribution in [2.75, 3.05) is 7.11 Å². The van der Waals surface area contributed by atoms with Crippen LogP contribution in [0.2, 0.25) is 0 Å². The van der Waals surface area contributed by atoms with Gasteiger partial charge < -0.3 is 9.84 Å². The number of ether oxygens (including phenoxy) is 1. The monoisotopic (exact) mass is 341 g/mol. The first-order chi connectivity index (χ1) is 10.1. The lowest BCUT2D eigenvalue weighted by atomic mass is 10.1. The molecule has 0 aliphatic rings. The summed E-state index contributed by atoms with van der Waals surface area (Å²) in [5.74, 6) is -0.517. The molecule has 0 saturated carbocycles. The molecule has 110 valence electrons. The van der Waals surface area contributed by atoms with Gasteiger partial charge in [0.15, 0.2) is 18.5 Å². The van der Waals surface area contributed by atoms with E-state index >= 15 is 0 Å². The maximum absolute atomic E-state index is 11.9. The Bertz CT molecular complexity index is 633. The molecule has 1 heterocycles. The molecule has 0 N–H and O–H groups in total. The van der Waals surface area contributed by atoms with E-state index in [1.54, 1.807) is 10.8 Å². The van der Waals surface area contributed by atoms with Crippen LogP contribution in [0, 0.1) is 0 Å². The number of methoxy groups -OCH3 is 1. The molecule has 0 fully saturated rings. The van der Waals surface area contributed by atoms with Crippen LogP contribution in [-0.2, 0) is 11.2 Å². The summed E-state index contributed by atoms with van der Waals surface area (Å²) in [7, 11) is 1.31. The van der Waals surface area contributed by atoms with Gasteiger partial charge in [0.25, 0.3) is 5.44 Å². The van der Waals surface area contributed by atoms with Crippen LogP contribution in [0.3, 0.4) is 0 Å². The molecular formula is C15H14Cl2NO2P. The van der Waals surface area contributed by atoms with Crippen LogP contribution in [0.4, 0.5) is 0 Å². The highest BCUT2D eigenvalue weighted by molar-refractivity contribution is 8.10. The second-order valence-electron chi connectivity index (χ2n) is 4.27. The number of aromatic nitrogens is 1. The van der Waals surface area contributed by atoms with Crippen LogP contribution in [0.5, 0.6) is 0 Å². The van der Waals surface area contributed by atoms with Gasteiger partial charge in [-0.05, 0) is 12.7 Å². The minimum atomic E-state index is -1.63. The van der Waals surface area contributed by atoms with Crippen molar-refractivity contribution in [3.8, 4) is 0 Å². The fourth-order valence-corrected chi connectivity index (χ4v) is 3.46. The average Bonchev–Trinajstić information content (AvgIpc) is 2.49. The molecule has 6 heteroatoms. The molecule has 21 heavy (non-hydrogen) atoms. The van der Waals surface area contributed by atoms with Gasteiger partial charge in [0.05, 0.1) is 6.42 Å². The molecule has 0 amide bonds. The predicted octanol–water partition coefficient (Wildman–Crippen LogP) is 3.44. The summed E-state index contributed by atoms with van der Waals surface area (Å²) in [5.41, 5.74) is 2.30. The summed E-state index contributed by atoms with van der Waals surface area (Å²) < 4.78 is 6.50. The van der Waals surface area contributed by atoms with Crippen molar-refractivity contribution >= 4 is 34.5 Å². The van der Waals surface area contributed by atoms with Gasteiger partial charge in [0.1, 0.15) is 5.95 Å². The smallest absolute Gasteiger partial charge is 0.260 e. The summed E-state index contributed by atoms with van der Waals surface area (Å²) in [6.45, 7) is -1.63. The van der Waals surface area contributed by atoms with E-state index in [0.29, 0.717) is 6.42 Å². The van der Waals surface area contributed by atoms with Crippen molar-refractivity contribution < 1.29 is 14.4 Å². The number of hydrogen-bond acceptors (Lipinski definition) is 2. The molecule has 0 aliphatic carbocycles. The minimum Gasteiger partial charge on any atom is -0.612 e. The number of pyridine rings is 1. The first kappa shape index (κ1) is 16.1. The van der Waals surface area contributed by atoms with E-state index in [1.807, 2.05) is 48.5 Å². The Labute approximate surface area is 134 Å². The quantitative estimate of drug-likeness (QED) is 0.474. The number of halogens is 2. The predicted molar refractivity (Wildman–Crippen MR) is 84.7 cm³/mol. The molecule has 2 aromatic rings. The van der Waals surface area contributed by atoms with Gasteiger partial charge in [-0.15, -0.1) is 0 Å². The molecule has 0 aliphatic heterocycles. The van der Waals surface area contributed by atoms with Gasteiger partial charge in [-0.3, -0.25) is 0 Å². The molecular weight excluding hydrogens is 328 g/mol. The van der Waals surface area contributed by atoms with E-state index < -0.39 is 12.6 Å². The fourth-order valence-electron chi connectivity index (χ4n) is 1.97. The molecule has 0 saturated heterocycles. The normalized spacial score (nSPS) is 12.2. The van der Waals surface area contributed by atoms with Crippen LogP contribution in [0.1, 0.15) is 11.3 Å². The summed E-state index contributed by atoms with van der Waals surface area (Å²) in [4.78, 5) is 0. The third-order valence-corrected chi connectivity index (χ3v) is 4.61. The average molecular weight is 342 g/mol. The molecule has 0 atom stereocenters. The lowest BCUT2D eigenvalue weighted by molar-refractivity contribution is -0.589. The SMILES string of the molecule is CO/C([O-])=C(/[n+]1ccccc1Cc1ccccc1)P(Cl)Cl. The lowest BCUT2D eigenvalue weighted by Gasteiger charge is -2.14. The highest BCUT2D eigenvalue weighted by Crippen LogP contribution is 2.55. The Morgan fingerprint density at radius 2 is 1.81 bits per heavy atom. The van der Waals surface area contributed by atoms with Crippen LogP contribution in [0.15, 0.2) is 60.7 Å². The van der Waals surface area contributed by atoms with Crippen molar-refractivity contribution in [2.45, 2.75) is 6.42 Å². The van der Waals surface area contributed by atoms with E-state index in [-0.39, 0.29) is 5.44 Å². The maximum atomic E-state index is 11.9. The summed E-state index contributed by atoms with van der Waals surface area (Å²) in [6.07, 6.45) is 2.43. The van der Waals surface area contributed by atoms with Gasteiger partial charge in [0.2, 0.25) is 0 Å². The van der Waals surface area contributed by atoms with E-state index in [1.165, 1.54) is 7.11 Å². The summed E-state index contributed by atoms with van der Waals surface area (Å²) in [6, 6.07) is 15.6. The van der Waals surface area contributed by atoms with E-state index in [0.717, 1.165) is 11.3 Å². The van der Waals surface area contributed by atoms with Crippen molar-refractivity contribution in [1.29, 1.82) is 0 Å². The largest absolute Gasteiger partial charge is 0.612 e. The molecule has 1 aromatic carbocycles. The fraction of sp³-hybridized carbons (Fsp3) is 0.133. The second-order valence-corrected chi connectivity index (χ2v) is 7.71. The van der Waals surface area contributed by atoms with Crippen LogP contribution in [0.25, 0.3) is 5.44 Å². The van der Waals surface area contributed by atoms with Gasteiger partial charge in [0, 0.05) is 12.1 Å². The van der Waals surface area contributed by atoms with Gasteiger partial charge in [-0.2, -0.15) is 4.57 Å². The minimum absolute atomic E-state index is 0.252. The summed E-state index contributed by atoms with van der Waals surface area (Å²) >= 11 is 12.0. The topological polar surface area (TPSA) is 36.2 Å². The van der Waals surface area contributed by atoms with Crippen molar-refractivity contribution in [3.05, 3.63) is 71.9 Å². The molecule has 0 unspecified atom stereocenters. The van der Waals surface area contributed by atoms with E-state index in [4.69, 9.17) is 27.2 Å². The molecule has 3 nitrogen and oxygen atoms in total. The Morgan fingerprint density at radius 3 is 2.43 bits per heavy atom. The Hall–Kier alpha value is -1.28. The van der Waals surface area contributed by atoms with E-state index in [2.05, 4.69) is 0 Å². The zero-order valence-corrected chi connectivity index (χ0v) is 13.8. The molecule has 2 rings (SSSR count). The van der Waals surface area contributed by atoms with Crippen molar-refractivity contribution in [3.63, 3.8) is 0 Å². The van der Waals surface area contributed by atoms with Crippen molar-refractivity contribution in [2.24, 2.45) is 0 Å². The zero-order valence-electron chi connectivity index (χ0n) is 11.4. The van der Waals surface area contributed by atoms with Crippen molar-refractivity contribution in [1.82, 2.24) is 0 Å². The number of hydrogen-bond donors (Lipinski definition) is 0. The third-order valence-electron chi connectivity index (χ3n) is 2.93. The molecule has 0 bridgehead atoms. The zero-order chi connectivity index (χ0) is 15.2. The van der Waals surface area contributed by atoms with Crippen LogP contribution >= 0.6 is 29.1 Å². The highest BCUT2D eigenvalue weighted by atomic mass is 35.9. The number of rotatable bonds is 5. The van der Waals surface area contributed by atoms with Gasteiger partial charge in [-0.25, -0.2) is 0 Å². The maximum Gasteiger partial charge on any atom is 0.260 e. The van der Waals surface area contributed by atoms with Gasteiger partial charge >= 0.3 is 0 Å². The molecule has 0 spiro atoms. The number of nitrogens with zero attached hydrogens (tertiary/aromatic N) is 1. The van der Waals surface area contributed by atoms with Crippen LogP contribution in [-0.4, -0.2) is 7.11 Å². The molecule has 1 aromatic heterocycles. The third kappa shape index (κ3) is 4.10. The van der Waals surface area contributed by atoms with Crippen LogP contribution < -0.4 is 9.67 Å². The second kappa shape index (κ2) is 7.65. The standard InChI is InChI=1S/C15H14Cl2NO2P/c1-20-15(19)14(21(16)17)18-10-6-5-9-13(18)11-12-7-3-2-4-8-12/h2-10H,11H2,1H3/b15-14-. The Kier molecular flexibility index (Phi) is 5.86. The van der Waals surface area contributed by atoms with Gasteiger partial charge in [-0.1, -0.05) is 58.9 Å². The Morgan fingerprint density at radius 1 is 1.14 bits per heavy atom. The number of benzene rings is 1. The first-order valence-electron chi connectivity index (χ1n) is 6.24. The lowest BCUT2D eigenvalue weighted by Crippen LogP contribution is -2.38. The highest BCUT2D eigenvalue weighted by Gasteiger charge is 2.25. The molecule has 0 radical (unpaired) electrons.